The highest BCUT2D eigenvalue weighted by molar-refractivity contribution is 7.15. The molecule has 7 heteroatoms. The van der Waals surface area contributed by atoms with Crippen molar-refractivity contribution in [1.82, 2.24) is 10.3 Å². The number of alkyl carbamates (subject to hydrolysis) is 1. The van der Waals surface area contributed by atoms with Gasteiger partial charge in [-0.2, -0.15) is 0 Å². The average molecular weight is 361 g/mol. The van der Waals surface area contributed by atoms with Crippen LogP contribution in [0.15, 0.2) is 24.3 Å². The molecule has 0 saturated carbocycles. The molecule has 2 aromatic rings. The molecule has 1 heterocycles. The van der Waals surface area contributed by atoms with Crippen LogP contribution in [0.2, 0.25) is 0 Å². The summed E-state index contributed by atoms with van der Waals surface area (Å²) in [5.74, 6) is -0.208. The summed E-state index contributed by atoms with van der Waals surface area (Å²) >= 11 is 1.45. The molecule has 0 aliphatic heterocycles. The van der Waals surface area contributed by atoms with Crippen LogP contribution in [0.25, 0.3) is 0 Å². The molecule has 0 aliphatic rings. The van der Waals surface area contributed by atoms with E-state index in [9.17, 15) is 9.59 Å². The lowest BCUT2D eigenvalue weighted by atomic mass is 10.1. The molecule has 0 fully saturated rings. The standard InChI is InChI=1S/C18H23N3O3S/c1-11-12(2)25-16(20-11)21-15(22)14-8-6-13(7-9-14)10-19-17(23)24-18(3,4)5/h6-9H,10H2,1-5H3,(H,19,23)(H,20,21,22). The number of hydrogen-bond acceptors (Lipinski definition) is 5. The van der Waals surface area contributed by atoms with E-state index in [1.165, 1.54) is 11.3 Å². The maximum Gasteiger partial charge on any atom is 0.407 e. The number of aryl methyl sites for hydroxylation is 2. The fourth-order valence-corrected chi connectivity index (χ4v) is 2.77. The van der Waals surface area contributed by atoms with Crippen molar-refractivity contribution in [2.45, 2.75) is 46.8 Å². The first kappa shape index (κ1) is 18.9. The molecule has 2 rings (SSSR count). The quantitative estimate of drug-likeness (QED) is 0.861. The number of nitrogens with one attached hydrogen (secondary N) is 2. The third-order valence-corrected chi connectivity index (χ3v) is 4.29. The molecular weight excluding hydrogens is 338 g/mol. The lowest BCUT2D eigenvalue weighted by Crippen LogP contribution is -2.32. The highest BCUT2D eigenvalue weighted by Crippen LogP contribution is 2.21. The van der Waals surface area contributed by atoms with Crippen molar-refractivity contribution in [3.05, 3.63) is 46.0 Å². The van der Waals surface area contributed by atoms with E-state index in [1.807, 2.05) is 34.6 Å². The van der Waals surface area contributed by atoms with Crippen molar-refractivity contribution in [2.75, 3.05) is 5.32 Å². The molecule has 1 aromatic carbocycles. The summed E-state index contributed by atoms with van der Waals surface area (Å²) in [6, 6.07) is 7.03. The van der Waals surface area contributed by atoms with Gasteiger partial charge in [0.1, 0.15) is 5.60 Å². The number of ether oxygens (including phenoxy) is 1. The number of benzene rings is 1. The molecule has 2 N–H and O–H groups in total. The van der Waals surface area contributed by atoms with Crippen LogP contribution in [0.1, 0.15) is 47.3 Å². The highest BCUT2D eigenvalue weighted by Gasteiger charge is 2.15. The zero-order chi connectivity index (χ0) is 18.6. The van der Waals surface area contributed by atoms with E-state index in [0.717, 1.165) is 16.1 Å². The van der Waals surface area contributed by atoms with Crippen molar-refractivity contribution in [1.29, 1.82) is 0 Å². The molecule has 134 valence electrons. The Bertz CT molecular complexity index is 741. The molecule has 25 heavy (non-hydrogen) atoms. The number of nitrogens with zero attached hydrogens (tertiary/aromatic N) is 1. The van der Waals surface area contributed by atoms with Crippen LogP contribution in [0, 0.1) is 13.8 Å². The molecule has 0 bridgehead atoms. The molecule has 0 saturated heterocycles. The number of rotatable bonds is 4. The minimum Gasteiger partial charge on any atom is -0.444 e. The van der Waals surface area contributed by atoms with Crippen LogP contribution in [0.3, 0.4) is 0 Å². The van der Waals surface area contributed by atoms with Crippen LogP contribution in [0.4, 0.5) is 9.93 Å². The molecule has 1 aromatic heterocycles. The smallest absolute Gasteiger partial charge is 0.407 e. The van der Waals surface area contributed by atoms with Crippen LogP contribution in [-0.4, -0.2) is 22.6 Å². The van der Waals surface area contributed by atoms with Gasteiger partial charge < -0.3 is 10.1 Å². The Hall–Kier alpha value is -2.41. The van der Waals surface area contributed by atoms with E-state index in [4.69, 9.17) is 4.74 Å². The van der Waals surface area contributed by atoms with Crippen LogP contribution < -0.4 is 10.6 Å². The van der Waals surface area contributed by atoms with E-state index >= 15 is 0 Å². The predicted octanol–water partition coefficient (Wildman–Crippen LogP) is 4.04. The first-order valence-corrected chi connectivity index (χ1v) is 8.77. The van der Waals surface area contributed by atoms with E-state index in [1.54, 1.807) is 24.3 Å². The van der Waals surface area contributed by atoms with Crippen LogP contribution >= 0.6 is 11.3 Å². The lowest BCUT2D eigenvalue weighted by Gasteiger charge is -2.19. The summed E-state index contributed by atoms with van der Waals surface area (Å²) in [5.41, 5.74) is 1.80. The van der Waals surface area contributed by atoms with Gasteiger partial charge in [0.15, 0.2) is 5.13 Å². The average Bonchev–Trinajstić information content (AvgIpc) is 2.82. The van der Waals surface area contributed by atoms with Gasteiger partial charge >= 0.3 is 6.09 Å². The molecular formula is C18H23N3O3S. The van der Waals surface area contributed by atoms with E-state index in [0.29, 0.717) is 17.2 Å². The maximum absolute atomic E-state index is 12.2. The minimum absolute atomic E-state index is 0.208. The summed E-state index contributed by atoms with van der Waals surface area (Å²) in [5, 5.41) is 6.07. The third-order valence-electron chi connectivity index (χ3n) is 3.30. The van der Waals surface area contributed by atoms with Crippen LogP contribution in [-0.2, 0) is 11.3 Å². The molecule has 0 atom stereocenters. The normalized spacial score (nSPS) is 11.1. The molecule has 0 aliphatic carbocycles. The molecule has 0 radical (unpaired) electrons. The van der Waals surface area contributed by atoms with Gasteiger partial charge in [-0.1, -0.05) is 12.1 Å². The Kier molecular flexibility index (Phi) is 5.79. The first-order valence-electron chi connectivity index (χ1n) is 7.95. The van der Waals surface area contributed by atoms with Crippen molar-refractivity contribution in [2.24, 2.45) is 0 Å². The summed E-state index contributed by atoms with van der Waals surface area (Å²) in [7, 11) is 0. The van der Waals surface area contributed by atoms with Gasteiger partial charge in [0.05, 0.1) is 5.69 Å². The third kappa shape index (κ3) is 5.86. The molecule has 0 spiro atoms. The van der Waals surface area contributed by atoms with Crippen molar-refractivity contribution in [3.63, 3.8) is 0 Å². The number of amides is 2. The van der Waals surface area contributed by atoms with E-state index in [2.05, 4.69) is 15.6 Å². The maximum atomic E-state index is 12.2. The fraction of sp³-hybridized carbons (Fsp3) is 0.389. The number of anilines is 1. The van der Waals surface area contributed by atoms with Gasteiger partial charge in [0.25, 0.3) is 5.91 Å². The topological polar surface area (TPSA) is 80.3 Å². The van der Waals surface area contributed by atoms with Gasteiger partial charge in [-0.15, -0.1) is 11.3 Å². The Balaban J connectivity index is 1.90. The Morgan fingerprint density at radius 3 is 2.32 bits per heavy atom. The van der Waals surface area contributed by atoms with Gasteiger partial charge in [-0.3, -0.25) is 10.1 Å². The minimum atomic E-state index is -0.529. The molecule has 0 unspecified atom stereocenters. The zero-order valence-electron chi connectivity index (χ0n) is 15.1. The number of carbonyl (C=O) groups excluding carboxylic acids is 2. The van der Waals surface area contributed by atoms with Crippen molar-refractivity contribution >= 4 is 28.5 Å². The summed E-state index contributed by atoms with van der Waals surface area (Å²) in [4.78, 5) is 29.2. The molecule has 2 amide bonds. The predicted molar refractivity (Wildman–Crippen MR) is 99.1 cm³/mol. The van der Waals surface area contributed by atoms with E-state index in [-0.39, 0.29) is 5.91 Å². The van der Waals surface area contributed by atoms with Gasteiger partial charge in [-0.05, 0) is 52.3 Å². The Morgan fingerprint density at radius 2 is 1.80 bits per heavy atom. The fourth-order valence-electron chi connectivity index (χ4n) is 1.96. The van der Waals surface area contributed by atoms with Crippen LogP contribution in [0.5, 0.6) is 0 Å². The second-order valence-electron chi connectivity index (χ2n) is 6.67. The van der Waals surface area contributed by atoms with Gasteiger partial charge in [0, 0.05) is 17.0 Å². The second-order valence-corrected chi connectivity index (χ2v) is 7.87. The summed E-state index contributed by atoms with van der Waals surface area (Å²) in [6.45, 7) is 9.65. The summed E-state index contributed by atoms with van der Waals surface area (Å²) in [6.07, 6.45) is -0.469. The SMILES string of the molecule is Cc1nc(NC(=O)c2ccc(CNC(=O)OC(C)(C)C)cc2)sc1C. The number of aromatic nitrogens is 1. The highest BCUT2D eigenvalue weighted by atomic mass is 32.1. The second kappa shape index (κ2) is 7.65. The Morgan fingerprint density at radius 1 is 1.16 bits per heavy atom. The lowest BCUT2D eigenvalue weighted by molar-refractivity contribution is 0.0523. The number of thiazole rings is 1. The van der Waals surface area contributed by atoms with Crippen molar-refractivity contribution in [3.8, 4) is 0 Å². The zero-order valence-corrected chi connectivity index (χ0v) is 15.9. The van der Waals surface area contributed by atoms with E-state index < -0.39 is 11.7 Å². The summed E-state index contributed by atoms with van der Waals surface area (Å²) < 4.78 is 5.18. The monoisotopic (exact) mass is 361 g/mol. The molecule has 6 nitrogen and oxygen atoms in total. The number of carbonyl (C=O) groups is 2. The first-order chi connectivity index (χ1) is 11.6. The van der Waals surface area contributed by atoms with Gasteiger partial charge in [-0.25, -0.2) is 9.78 Å². The number of hydrogen-bond donors (Lipinski definition) is 2. The Labute approximate surface area is 151 Å². The van der Waals surface area contributed by atoms with Crippen molar-refractivity contribution < 1.29 is 14.3 Å². The van der Waals surface area contributed by atoms with Gasteiger partial charge in [0.2, 0.25) is 0 Å². The largest absolute Gasteiger partial charge is 0.444 e.